The Morgan fingerprint density at radius 3 is 2.00 bits per heavy atom. The van der Waals surface area contributed by atoms with Crippen LogP contribution in [0.3, 0.4) is 0 Å². The topological polar surface area (TPSA) is 0 Å². The molecule has 0 heteroatoms. The minimum absolute atomic E-state index is 1.01. The van der Waals surface area contributed by atoms with Crippen LogP contribution in [0.25, 0.3) is 17.2 Å². The van der Waals surface area contributed by atoms with Crippen LogP contribution in [0.5, 0.6) is 0 Å². The lowest BCUT2D eigenvalue weighted by atomic mass is 9.90. The highest BCUT2D eigenvalue weighted by molar-refractivity contribution is 5.81. The van der Waals surface area contributed by atoms with Crippen LogP contribution in [-0.2, 0) is 0 Å². The van der Waals surface area contributed by atoms with E-state index < -0.39 is 0 Å². The van der Waals surface area contributed by atoms with Gasteiger partial charge in [0.1, 0.15) is 0 Å². The second kappa shape index (κ2) is 10.7. The van der Waals surface area contributed by atoms with E-state index in [0.29, 0.717) is 0 Å². The lowest BCUT2D eigenvalue weighted by Gasteiger charge is -2.14. The zero-order valence-corrected chi connectivity index (χ0v) is 16.9. The fourth-order valence-electron chi connectivity index (χ4n) is 3.17. The van der Waals surface area contributed by atoms with Crippen molar-refractivity contribution in [2.24, 2.45) is 0 Å². The molecular weight excluding hydrogens is 336 g/mol. The van der Waals surface area contributed by atoms with Crippen LogP contribution in [-0.4, -0.2) is 0 Å². The average molecular weight is 365 g/mol. The van der Waals surface area contributed by atoms with Gasteiger partial charge >= 0.3 is 0 Å². The summed E-state index contributed by atoms with van der Waals surface area (Å²) < 4.78 is 0. The van der Waals surface area contributed by atoms with Crippen LogP contribution in [0, 0.1) is 6.92 Å². The predicted octanol–water partition coefficient (Wildman–Crippen LogP) is 8.03. The fourth-order valence-corrected chi connectivity index (χ4v) is 3.17. The summed E-state index contributed by atoms with van der Waals surface area (Å²) in [6.07, 6.45) is 15.8. The molecule has 0 atom stereocenters. The maximum atomic E-state index is 4.01. The highest BCUT2D eigenvalue weighted by Gasteiger charge is 2.10. The lowest BCUT2D eigenvalue weighted by molar-refractivity contribution is 1.44. The number of aryl methyl sites for hydroxylation is 1. The van der Waals surface area contributed by atoms with E-state index in [0.717, 1.165) is 22.3 Å². The van der Waals surface area contributed by atoms with Gasteiger partial charge in [0.2, 0.25) is 0 Å². The molecule has 0 fully saturated rings. The standard InChI is InChI=1S/C28H28/c1-6-14-23(9-4)28(24(15-7-2)16-8-3)21-25-18-11-13-20-27(25)26-19-12-10-17-22(26)5/h6-21H,1-2,4H2,3,5H3/b16-8-,23-14+,24-15+,28-21-. The molecule has 0 aliphatic heterocycles. The molecule has 2 aromatic carbocycles. The van der Waals surface area contributed by atoms with Gasteiger partial charge in [-0.2, -0.15) is 0 Å². The minimum atomic E-state index is 1.01. The van der Waals surface area contributed by atoms with Crippen molar-refractivity contribution in [3.63, 3.8) is 0 Å². The molecule has 0 nitrogen and oxygen atoms in total. The Kier molecular flexibility index (Phi) is 7.99. The molecule has 0 N–H and O–H groups in total. The Hall–Kier alpha value is -3.38. The molecule has 0 amide bonds. The molecule has 0 heterocycles. The van der Waals surface area contributed by atoms with Gasteiger partial charge in [-0.3, -0.25) is 0 Å². The second-order valence-electron chi connectivity index (χ2n) is 6.38. The molecule has 0 saturated carbocycles. The average Bonchev–Trinajstić information content (AvgIpc) is 2.71. The number of benzene rings is 2. The molecule has 140 valence electrons. The summed E-state index contributed by atoms with van der Waals surface area (Å²) in [5.74, 6) is 0. The maximum Gasteiger partial charge on any atom is -0.0106 e. The molecule has 0 spiro atoms. The summed E-state index contributed by atoms with van der Waals surface area (Å²) in [6.45, 7) is 15.9. The fraction of sp³-hybridized carbons (Fsp3) is 0.0714. The third-order valence-corrected chi connectivity index (χ3v) is 4.48. The Morgan fingerprint density at radius 1 is 0.786 bits per heavy atom. The van der Waals surface area contributed by atoms with E-state index >= 15 is 0 Å². The van der Waals surface area contributed by atoms with E-state index in [1.54, 1.807) is 6.08 Å². The normalized spacial score (nSPS) is 12.9. The number of hydrogen-bond acceptors (Lipinski definition) is 0. The zero-order valence-electron chi connectivity index (χ0n) is 16.9. The first-order valence-electron chi connectivity index (χ1n) is 9.44. The summed E-state index contributed by atoms with van der Waals surface area (Å²) in [4.78, 5) is 0. The summed E-state index contributed by atoms with van der Waals surface area (Å²) in [5, 5.41) is 0. The Morgan fingerprint density at radius 2 is 1.39 bits per heavy atom. The van der Waals surface area contributed by atoms with Crippen LogP contribution in [0.4, 0.5) is 0 Å². The van der Waals surface area contributed by atoms with Gasteiger partial charge in [-0.1, -0.05) is 111 Å². The van der Waals surface area contributed by atoms with Crippen molar-refractivity contribution in [2.45, 2.75) is 13.8 Å². The smallest absolute Gasteiger partial charge is 0.0106 e. The molecule has 0 unspecified atom stereocenters. The van der Waals surface area contributed by atoms with Gasteiger partial charge in [0.05, 0.1) is 0 Å². The van der Waals surface area contributed by atoms with E-state index in [1.165, 1.54) is 16.7 Å². The van der Waals surface area contributed by atoms with E-state index in [2.05, 4.69) is 87.3 Å². The first-order valence-corrected chi connectivity index (χ1v) is 9.44. The minimum Gasteiger partial charge on any atom is -0.0990 e. The summed E-state index contributed by atoms with van der Waals surface area (Å²) in [5.41, 5.74) is 8.02. The van der Waals surface area contributed by atoms with Gasteiger partial charge in [-0.15, -0.1) is 0 Å². The van der Waals surface area contributed by atoms with Crippen molar-refractivity contribution in [3.8, 4) is 11.1 Å². The van der Waals surface area contributed by atoms with Crippen molar-refractivity contribution < 1.29 is 0 Å². The lowest BCUT2D eigenvalue weighted by Crippen LogP contribution is -1.93. The molecule has 28 heavy (non-hydrogen) atoms. The second-order valence-corrected chi connectivity index (χ2v) is 6.38. The predicted molar refractivity (Wildman–Crippen MR) is 126 cm³/mol. The summed E-state index contributed by atoms with van der Waals surface area (Å²) in [6, 6.07) is 16.9. The third kappa shape index (κ3) is 5.08. The van der Waals surface area contributed by atoms with Gasteiger partial charge in [0.15, 0.2) is 0 Å². The van der Waals surface area contributed by atoms with E-state index in [9.17, 15) is 0 Å². The van der Waals surface area contributed by atoms with Crippen molar-refractivity contribution in [2.75, 3.05) is 0 Å². The molecule has 0 saturated heterocycles. The van der Waals surface area contributed by atoms with Crippen molar-refractivity contribution in [1.82, 2.24) is 0 Å². The highest BCUT2D eigenvalue weighted by Crippen LogP contribution is 2.31. The van der Waals surface area contributed by atoms with Gasteiger partial charge < -0.3 is 0 Å². The maximum absolute atomic E-state index is 4.01. The van der Waals surface area contributed by atoms with E-state index in [1.807, 2.05) is 37.3 Å². The Bertz CT molecular complexity index is 975. The van der Waals surface area contributed by atoms with Crippen molar-refractivity contribution in [1.29, 1.82) is 0 Å². The van der Waals surface area contributed by atoms with Crippen LogP contribution >= 0.6 is 0 Å². The largest absolute Gasteiger partial charge is 0.0990 e. The molecule has 0 aliphatic carbocycles. The Balaban J connectivity index is 2.78. The van der Waals surface area contributed by atoms with Crippen LogP contribution < -0.4 is 0 Å². The van der Waals surface area contributed by atoms with Gasteiger partial charge in [-0.05, 0) is 58.9 Å². The van der Waals surface area contributed by atoms with Crippen LogP contribution in [0.1, 0.15) is 18.1 Å². The van der Waals surface area contributed by atoms with E-state index in [-0.39, 0.29) is 0 Å². The number of allylic oxidation sites excluding steroid dienone is 10. The van der Waals surface area contributed by atoms with Crippen LogP contribution in [0.2, 0.25) is 0 Å². The molecule has 2 aromatic rings. The molecule has 0 aliphatic rings. The molecule has 0 aromatic heterocycles. The van der Waals surface area contributed by atoms with Gasteiger partial charge in [0, 0.05) is 0 Å². The van der Waals surface area contributed by atoms with Crippen molar-refractivity contribution >= 4 is 6.08 Å². The number of hydrogen-bond donors (Lipinski definition) is 0. The summed E-state index contributed by atoms with van der Waals surface area (Å²) in [7, 11) is 0. The first kappa shape index (κ1) is 20.9. The van der Waals surface area contributed by atoms with Crippen LogP contribution in [0.15, 0.2) is 128 Å². The zero-order chi connectivity index (χ0) is 20.4. The van der Waals surface area contributed by atoms with Crippen molar-refractivity contribution in [3.05, 3.63) is 139 Å². The Labute approximate surface area is 170 Å². The quantitative estimate of drug-likeness (QED) is 0.416. The van der Waals surface area contributed by atoms with Gasteiger partial charge in [0.25, 0.3) is 0 Å². The highest BCUT2D eigenvalue weighted by atomic mass is 14.1. The molecule has 2 rings (SSSR count). The first-order chi connectivity index (χ1) is 13.7. The summed E-state index contributed by atoms with van der Waals surface area (Å²) >= 11 is 0. The molecule has 0 radical (unpaired) electrons. The SMILES string of the molecule is C=C/C=C(C=C)/C(=C/c1ccccc1-c1ccccc1C)C(/C=C\C)=C/C=C. The van der Waals surface area contributed by atoms with E-state index in [4.69, 9.17) is 0 Å². The number of rotatable bonds is 8. The van der Waals surface area contributed by atoms with Gasteiger partial charge in [-0.25, -0.2) is 0 Å². The molecular formula is C28H28. The monoisotopic (exact) mass is 364 g/mol. The third-order valence-electron chi connectivity index (χ3n) is 4.48. The molecule has 0 bridgehead atoms.